The van der Waals surface area contributed by atoms with Gasteiger partial charge in [-0.2, -0.15) is 0 Å². The van der Waals surface area contributed by atoms with Crippen molar-refractivity contribution in [1.29, 1.82) is 0 Å². The number of ether oxygens (including phenoxy) is 1. The molecule has 0 unspecified atom stereocenters. The van der Waals surface area contributed by atoms with Crippen LogP contribution in [0.4, 0.5) is 5.69 Å². The van der Waals surface area contributed by atoms with E-state index in [1.165, 1.54) is 11.8 Å². The number of nitrogens with zero attached hydrogens (tertiary/aromatic N) is 1. The zero-order valence-electron chi connectivity index (χ0n) is 18.0. The van der Waals surface area contributed by atoms with Gasteiger partial charge < -0.3 is 4.74 Å². The van der Waals surface area contributed by atoms with Gasteiger partial charge in [-0.05, 0) is 56.2 Å². The lowest BCUT2D eigenvalue weighted by molar-refractivity contribution is -0.113. The lowest BCUT2D eigenvalue weighted by atomic mass is 10.1. The molecule has 0 radical (unpaired) electrons. The maximum atomic E-state index is 13.3. The van der Waals surface area contributed by atoms with E-state index in [1.54, 1.807) is 4.90 Å². The third-order valence-corrected chi connectivity index (χ3v) is 6.92. The Bertz CT molecular complexity index is 1230. The van der Waals surface area contributed by atoms with Gasteiger partial charge in [0.2, 0.25) is 0 Å². The van der Waals surface area contributed by atoms with Crippen molar-refractivity contribution in [3.8, 4) is 5.75 Å². The van der Waals surface area contributed by atoms with Gasteiger partial charge in [-0.25, -0.2) is 0 Å². The highest BCUT2D eigenvalue weighted by Crippen LogP contribution is 2.39. The summed E-state index contributed by atoms with van der Waals surface area (Å²) in [6.45, 7) is 6.33. The molecule has 6 heteroatoms. The molecule has 1 heterocycles. The molecule has 3 nitrogen and oxygen atoms in total. The summed E-state index contributed by atoms with van der Waals surface area (Å²) in [4.78, 5) is 15.5. The van der Waals surface area contributed by atoms with Crippen LogP contribution < -0.4 is 9.64 Å². The molecule has 0 N–H and O–H groups in total. The smallest absolute Gasteiger partial charge is 0.270 e. The van der Waals surface area contributed by atoms with Crippen LogP contribution in [0.1, 0.15) is 27.8 Å². The summed E-state index contributed by atoms with van der Waals surface area (Å²) < 4.78 is 6.62. The summed E-state index contributed by atoms with van der Waals surface area (Å²) in [6.07, 6.45) is 1.86. The molecule has 3 aromatic rings. The molecule has 0 aromatic heterocycles. The van der Waals surface area contributed by atoms with Crippen molar-refractivity contribution in [3.05, 3.63) is 98.4 Å². The number of anilines is 1. The van der Waals surface area contributed by atoms with Crippen molar-refractivity contribution >= 4 is 57.6 Å². The molecule has 32 heavy (non-hydrogen) atoms. The molecule has 0 aliphatic carbocycles. The largest absolute Gasteiger partial charge is 0.488 e. The van der Waals surface area contributed by atoms with E-state index in [1.807, 2.05) is 87.5 Å². The maximum Gasteiger partial charge on any atom is 0.270 e. The van der Waals surface area contributed by atoms with Gasteiger partial charge >= 0.3 is 0 Å². The second-order valence-corrected chi connectivity index (χ2v) is 9.76. The Hall–Kier alpha value is -2.60. The maximum absolute atomic E-state index is 13.3. The summed E-state index contributed by atoms with van der Waals surface area (Å²) in [5.74, 6) is 0.573. The second kappa shape index (κ2) is 9.49. The fraction of sp³-hybridized carbons (Fsp3) is 0.154. The number of thioether (sulfide) groups is 1. The van der Waals surface area contributed by atoms with Crippen LogP contribution in [-0.4, -0.2) is 10.2 Å². The van der Waals surface area contributed by atoms with Crippen LogP contribution in [0.2, 0.25) is 5.02 Å². The van der Waals surface area contributed by atoms with Crippen molar-refractivity contribution in [3.63, 3.8) is 0 Å². The highest BCUT2D eigenvalue weighted by Gasteiger charge is 2.35. The predicted octanol–water partition coefficient (Wildman–Crippen LogP) is 7.25. The normalized spacial score (nSPS) is 15.0. The molecule has 0 atom stereocenters. The van der Waals surface area contributed by atoms with E-state index in [0.717, 1.165) is 33.5 Å². The Balaban J connectivity index is 1.65. The average molecular weight is 480 g/mol. The van der Waals surface area contributed by atoms with Gasteiger partial charge in [0.05, 0.1) is 10.6 Å². The van der Waals surface area contributed by atoms with Crippen LogP contribution in [0, 0.1) is 20.8 Å². The zero-order valence-corrected chi connectivity index (χ0v) is 20.4. The summed E-state index contributed by atoms with van der Waals surface area (Å²) in [6, 6.07) is 19.5. The van der Waals surface area contributed by atoms with Gasteiger partial charge in [0.25, 0.3) is 5.91 Å². The number of halogens is 1. The molecule has 1 aliphatic heterocycles. The van der Waals surface area contributed by atoms with Crippen LogP contribution in [0.3, 0.4) is 0 Å². The number of carbonyl (C=O) groups is 1. The Morgan fingerprint density at radius 3 is 2.47 bits per heavy atom. The quantitative estimate of drug-likeness (QED) is 0.284. The molecule has 0 bridgehead atoms. The summed E-state index contributed by atoms with van der Waals surface area (Å²) in [5.41, 5.74) is 5.70. The minimum absolute atomic E-state index is 0.115. The monoisotopic (exact) mass is 479 g/mol. The molecule has 0 saturated carbocycles. The molecule has 1 saturated heterocycles. The molecule has 162 valence electrons. The van der Waals surface area contributed by atoms with Crippen molar-refractivity contribution in [1.82, 2.24) is 0 Å². The van der Waals surface area contributed by atoms with Crippen LogP contribution in [-0.2, 0) is 11.4 Å². The van der Waals surface area contributed by atoms with Crippen molar-refractivity contribution in [2.75, 3.05) is 4.90 Å². The van der Waals surface area contributed by atoms with Gasteiger partial charge in [0.1, 0.15) is 12.4 Å². The first-order valence-electron chi connectivity index (χ1n) is 10.2. The SMILES string of the molecule is Cc1ccc(OCc2ccccc2Cl)c(C=C2SC(=S)N(c3c(C)cccc3C)C2=O)c1. The van der Waals surface area contributed by atoms with Gasteiger partial charge in [-0.3, -0.25) is 9.69 Å². The Morgan fingerprint density at radius 1 is 1.03 bits per heavy atom. The molecular weight excluding hydrogens is 458 g/mol. The first-order chi connectivity index (χ1) is 15.3. The van der Waals surface area contributed by atoms with Crippen LogP contribution >= 0.6 is 35.6 Å². The van der Waals surface area contributed by atoms with Gasteiger partial charge in [-0.15, -0.1) is 0 Å². The highest BCUT2D eigenvalue weighted by atomic mass is 35.5. The third-order valence-electron chi connectivity index (χ3n) is 5.25. The van der Waals surface area contributed by atoms with Crippen molar-refractivity contribution < 1.29 is 9.53 Å². The van der Waals surface area contributed by atoms with Crippen LogP contribution in [0.25, 0.3) is 6.08 Å². The van der Waals surface area contributed by atoms with E-state index in [4.69, 9.17) is 28.6 Å². The van der Waals surface area contributed by atoms with E-state index < -0.39 is 0 Å². The van der Waals surface area contributed by atoms with E-state index in [2.05, 4.69) is 0 Å². The Labute approximate surface area is 203 Å². The van der Waals surface area contributed by atoms with Gasteiger partial charge in [0, 0.05) is 16.1 Å². The molecule has 0 spiro atoms. The number of amides is 1. The third kappa shape index (κ3) is 4.60. The predicted molar refractivity (Wildman–Crippen MR) is 139 cm³/mol. The number of benzene rings is 3. The first-order valence-corrected chi connectivity index (χ1v) is 11.8. The lowest BCUT2D eigenvalue weighted by Gasteiger charge is -2.19. The first kappa shape index (κ1) is 22.6. The van der Waals surface area contributed by atoms with Crippen LogP contribution in [0.15, 0.2) is 65.6 Å². The summed E-state index contributed by atoms with van der Waals surface area (Å²) in [7, 11) is 0. The summed E-state index contributed by atoms with van der Waals surface area (Å²) >= 11 is 13.2. The number of hydrogen-bond donors (Lipinski definition) is 0. The zero-order chi connectivity index (χ0) is 22.8. The van der Waals surface area contributed by atoms with Crippen molar-refractivity contribution in [2.24, 2.45) is 0 Å². The minimum Gasteiger partial charge on any atom is -0.488 e. The molecule has 1 aliphatic rings. The molecular formula is C26H22ClNO2S2. The molecule has 3 aromatic carbocycles. The molecule has 4 rings (SSSR count). The number of para-hydroxylation sites is 1. The number of thiocarbonyl (C=S) groups is 1. The molecule has 1 amide bonds. The standard InChI is InChI=1S/C26H22ClNO2S2/c1-16-11-12-22(30-15-19-9-4-5-10-21(19)27)20(13-16)14-23-25(29)28(26(31)32-23)24-17(2)7-6-8-18(24)3/h4-14H,15H2,1-3H3. The minimum atomic E-state index is -0.115. The fourth-order valence-corrected chi connectivity index (χ4v) is 5.10. The highest BCUT2D eigenvalue weighted by molar-refractivity contribution is 8.27. The number of hydrogen-bond acceptors (Lipinski definition) is 4. The Kier molecular flexibility index (Phi) is 6.70. The number of aryl methyl sites for hydroxylation is 3. The number of rotatable bonds is 5. The van der Waals surface area contributed by atoms with Gasteiger partial charge in [-0.1, -0.05) is 83.6 Å². The topological polar surface area (TPSA) is 29.5 Å². The van der Waals surface area contributed by atoms with E-state index in [-0.39, 0.29) is 5.91 Å². The van der Waals surface area contributed by atoms with E-state index in [0.29, 0.717) is 26.6 Å². The van der Waals surface area contributed by atoms with E-state index >= 15 is 0 Å². The van der Waals surface area contributed by atoms with E-state index in [9.17, 15) is 4.79 Å². The van der Waals surface area contributed by atoms with Gasteiger partial charge in [0.15, 0.2) is 4.32 Å². The fourth-order valence-electron chi connectivity index (χ4n) is 3.64. The van der Waals surface area contributed by atoms with Crippen LogP contribution in [0.5, 0.6) is 5.75 Å². The second-order valence-electron chi connectivity index (χ2n) is 7.68. The molecule has 1 fully saturated rings. The number of carbonyl (C=O) groups excluding carboxylic acids is 1. The average Bonchev–Trinajstić information content (AvgIpc) is 3.02. The lowest BCUT2D eigenvalue weighted by Crippen LogP contribution is -2.29. The van der Waals surface area contributed by atoms with Crippen molar-refractivity contribution in [2.45, 2.75) is 27.4 Å². The Morgan fingerprint density at radius 2 is 1.75 bits per heavy atom. The summed E-state index contributed by atoms with van der Waals surface area (Å²) in [5, 5.41) is 0.663.